The van der Waals surface area contributed by atoms with Crippen molar-refractivity contribution in [3.63, 3.8) is 0 Å². The first kappa shape index (κ1) is 14.7. The van der Waals surface area contributed by atoms with Gasteiger partial charge in [0.15, 0.2) is 0 Å². The van der Waals surface area contributed by atoms with Crippen LogP contribution in [0, 0.1) is 24.0 Å². The van der Waals surface area contributed by atoms with Crippen molar-refractivity contribution in [3.8, 4) is 0 Å². The quantitative estimate of drug-likeness (QED) is 0.518. The first-order valence-corrected chi connectivity index (χ1v) is 6.40. The molecule has 0 amide bonds. The van der Waals surface area contributed by atoms with E-state index in [2.05, 4.69) is 10.4 Å². The first-order valence-electron chi connectivity index (χ1n) is 6.40. The summed E-state index contributed by atoms with van der Waals surface area (Å²) in [6.45, 7) is 4.28. The third kappa shape index (κ3) is 2.91. The zero-order valence-electron chi connectivity index (χ0n) is 12.1. The van der Waals surface area contributed by atoms with Crippen LogP contribution in [0.25, 0.3) is 0 Å². The van der Waals surface area contributed by atoms with E-state index in [1.165, 1.54) is 6.07 Å². The van der Waals surface area contributed by atoms with Crippen LogP contribution < -0.4 is 5.32 Å². The molecule has 0 bridgehead atoms. The molecule has 0 saturated heterocycles. The Hall–Kier alpha value is -2.70. The number of hydrogen-bond donors (Lipinski definition) is 1. The summed E-state index contributed by atoms with van der Waals surface area (Å²) in [6, 6.07) is 4.35. The summed E-state index contributed by atoms with van der Waals surface area (Å²) in [7, 11) is 1.85. The van der Waals surface area contributed by atoms with Crippen molar-refractivity contribution in [1.29, 1.82) is 0 Å². The monoisotopic (exact) mass is 288 g/mol. The van der Waals surface area contributed by atoms with Crippen molar-refractivity contribution in [1.82, 2.24) is 9.78 Å². The number of nitrogens with zero attached hydrogens (tertiary/aromatic N) is 3. The number of aldehydes is 1. The number of anilines is 1. The van der Waals surface area contributed by atoms with Crippen molar-refractivity contribution in [2.24, 2.45) is 7.05 Å². The van der Waals surface area contributed by atoms with Crippen LogP contribution in [0.2, 0.25) is 0 Å². The molecular formula is C14H16N4O3. The molecule has 1 heterocycles. The first-order chi connectivity index (χ1) is 9.93. The number of aryl methyl sites for hydroxylation is 2. The molecule has 0 aliphatic heterocycles. The summed E-state index contributed by atoms with van der Waals surface area (Å²) >= 11 is 0. The normalized spacial score (nSPS) is 10.4. The van der Waals surface area contributed by atoms with Crippen LogP contribution in [0.5, 0.6) is 0 Å². The third-order valence-corrected chi connectivity index (χ3v) is 3.47. The van der Waals surface area contributed by atoms with Gasteiger partial charge in [0.1, 0.15) is 12.0 Å². The number of benzene rings is 1. The van der Waals surface area contributed by atoms with Crippen LogP contribution in [-0.4, -0.2) is 21.0 Å². The lowest BCUT2D eigenvalue weighted by atomic mass is 10.1. The molecule has 1 N–H and O–H groups in total. The van der Waals surface area contributed by atoms with Gasteiger partial charge in [0.25, 0.3) is 5.69 Å². The number of rotatable bonds is 5. The molecule has 0 spiro atoms. The van der Waals surface area contributed by atoms with Crippen molar-refractivity contribution in [3.05, 3.63) is 50.8 Å². The van der Waals surface area contributed by atoms with Crippen LogP contribution in [-0.2, 0) is 13.6 Å². The molecular weight excluding hydrogens is 272 g/mol. The van der Waals surface area contributed by atoms with Crippen molar-refractivity contribution < 1.29 is 9.72 Å². The van der Waals surface area contributed by atoms with E-state index in [1.807, 2.05) is 20.9 Å². The van der Waals surface area contributed by atoms with Crippen molar-refractivity contribution >= 4 is 17.7 Å². The lowest BCUT2D eigenvalue weighted by Gasteiger charge is -2.08. The Morgan fingerprint density at radius 2 is 2.14 bits per heavy atom. The molecule has 0 unspecified atom stereocenters. The van der Waals surface area contributed by atoms with Gasteiger partial charge in [-0.25, -0.2) is 0 Å². The molecule has 0 aliphatic carbocycles. The van der Waals surface area contributed by atoms with E-state index in [4.69, 9.17) is 0 Å². The van der Waals surface area contributed by atoms with Gasteiger partial charge in [-0.15, -0.1) is 0 Å². The van der Waals surface area contributed by atoms with E-state index < -0.39 is 4.92 Å². The van der Waals surface area contributed by atoms with Crippen LogP contribution in [0.4, 0.5) is 11.4 Å². The maximum Gasteiger partial charge on any atom is 0.293 e. The molecule has 0 atom stereocenters. The second-order valence-electron chi connectivity index (χ2n) is 4.78. The molecule has 21 heavy (non-hydrogen) atoms. The van der Waals surface area contributed by atoms with E-state index >= 15 is 0 Å². The van der Waals surface area contributed by atoms with E-state index in [-0.39, 0.29) is 11.3 Å². The van der Waals surface area contributed by atoms with Crippen LogP contribution in [0.1, 0.15) is 27.3 Å². The Bertz CT molecular complexity index is 706. The SMILES string of the molecule is Cc1nn(C)c(C)c1CNc1ccc(C=O)cc1[N+](=O)[O-]. The molecule has 7 heteroatoms. The highest BCUT2D eigenvalue weighted by Gasteiger charge is 2.16. The van der Waals surface area contributed by atoms with Gasteiger partial charge in [-0.05, 0) is 26.0 Å². The highest BCUT2D eigenvalue weighted by atomic mass is 16.6. The maximum absolute atomic E-state index is 11.1. The molecule has 2 aromatic rings. The molecule has 0 fully saturated rings. The van der Waals surface area contributed by atoms with Crippen LogP contribution in [0.15, 0.2) is 18.2 Å². The fourth-order valence-electron chi connectivity index (χ4n) is 2.18. The Morgan fingerprint density at radius 3 is 2.67 bits per heavy atom. The van der Waals surface area contributed by atoms with Crippen molar-refractivity contribution in [2.75, 3.05) is 5.32 Å². The summed E-state index contributed by atoms with van der Waals surface area (Å²) in [4.78, 5) is 21.3. The van der Waals surface area contributed by atoms with Gasteiger partial charge in [-0.2, -0.15) is 5.10 Å². The zero-order valence-corrected chi connectivity index (χ0v) is 12.1. The van der Waals surface area contributed by atoms with E-state index in [0.717, 1.165) is 17.0 Å². The minimum absolute atomic E-state index is 0.112. The summed E-state index contributed by atoms with van der Waals surface area (Å²) in [6.07, 6.45) is 0.589. The third-order valence-electron chi connectivity index (χ3n) is 3.47. The number of hydrogen-bond acceptors (Lipinski definition) is 5. The standard InChI is InChI=1S/C14H16N4O3/c1-9-12(10(2)17(3)16-9)7-15-13-5-4-11(8-19)6-14(13)18(20)21/h4-6,8,15H,7H2,1-3H3. The Labute approximate surface area is 121 Å². The van der Waals surface area contributed by atoms with Crippen molar-refractivity contribution in [2.45, 2.75) is 20.4 Å². The number of carbonyl (C=O) groups excluding carboxylic acids is 1. The van der Waals surface area contributed by atoms with Gasteiger partial charge in [0.05, 0.1) is 10.6 Å². The average Bonchev–Trinajstić information content (AvgIpc) is 2.70. The van der Waals surface area contributed by atoms with Gasteiger partial charge in [0.2, 0.25) is 0 Å². The molecule has 2 rings (SSSR count). The average molecular weight is 288 g/mol. The van der Waals surface area contributed by atoms with Gasteiger partial charge < -0.3 is 5.32 Å². The molecule has 0 saturated carbocycles. The number of nitro groups is 1. The molecule has 0 radical (unpaired) electrons. The van der Waals surface area contributed by atoms with Gasteiger partial charge in [-0.1, -0.05) is 0 Å². The fraction of sp³-hybridized carbons (Fsp3) is 0.286. The molecule has 0 aliphatic rings. The Balaban J connectivity index is 2.27. The smallest absolute Gasteiger partial charge is 0.293 e. The number of nitro benzene ring substituents is 1. The zero-order chi connectivity index (χ0) is 15.6. The highest BCUT2D eigenvalue weighted by molar-refractivity contribution is 5.79. The van der Waals surface area contributed by atoms with Crippen LogP contribution in [0.3, 0.4) is 0 Å². The van der Waals surface area contributed by atoms with Gasteiger partial charge in [-0.3, -0.25) is 19.6 Å². The lowest BCUT2D eigenvalue weighted by Crippen LogP contribution is -2.05. The molecule has 1 aromatic heterocycles. The largest absolute Gasteiger partial charge is 0.375 e. The second kappa shape index (κ2) is 5.74. The van der Waals surface area contributed by atoms with Gasteiger partial charge >= 0.3 is 0 Å². The Morgan fingerprint density at radius 1 is 1.43 bits per heavy atom. The minimum Gasteiger partial charge on any atom is -0.375 e. The predicted molar refractivity (Wildman–Crippen MR) is 78.5 cm³/mol. The maximum atomic E-state index is 11.1. The second-order valence-corrected chi connectivity index (χ2v) is 4.78. The Kier molecular flexibility index (Phi) is 4.02. The minimum atomic E-state index is -0.502. The number of aromatic nitrogens is 2. The summed E-state index contributed by atoms with van der Waals surface area (Å²) in [5.41, 5.74) is 3.45. The topological polar surface area (TPSA) is 90.1 Å². The fourth-order valence-corrected chi connectivity index (χ4v) is 2.18. The van der Waals surface area contributed by atoms with E-state index in [1.54, 1.807) is 16.8 Å². The van der Waals surface area contributed by atoms with E-state index in [9.17, 15) is 14.9 Å². The molecule has 7 nitrogen and oxygen atoms in total. The summed E-state index contributed by atoms with van der Waals surface area (Å²) < 4.78 is 1.77. The molecule has 1 aromatic carbocycles. The molecule has 110 valence electrons. The highest BCUT2D eigenvalue weighted by Crippen LogP contribution is 2.26. The lowest BCUT2D eigenvalue weighted by molar-refractivity contribution is -0.384. The number of nitrogens with one attached hydrogen (secondary N) is 1. The summed E-state index contributed by atoms with van der Waals surface area (Å²) in [5, 5.41) is 18.4. The van der Waals surface area contributed by atoms with Gasteiger partial charge in [0, 0.05) is 36.5 Å². The summed E-state index contributed by atoms with van der Waals surface area (Å²) in [5.74, 6) is 0. The number of carbonyl (C=O) groups is 1. The predicted octanol–water partition coefficient (Wildman–Crippen LogP) is 2.37. The van der Waals surface area contributed by atoms with Crippen LogP contribution >= 0.6 is 0 Å². The van der Waals surface area contributed by atoms with E-state index in [0.29, 0.717) is 18.5 Å².